The fraction of sp³-hybridized carbons (Fsp3) is 0.533. The molecule has 0 saturated carbocycles. The number of hydrogen-bond donors (Lipinski definition) is 0. The molecule has 0 aromatic heterocycles. The minimum atomic E-state index is 0.106. The molecular formula is C15H23NO2. The van der Waals surface area contributed by atoms with Gasteiger partial charge in [-0.15, -0.1) is 0 Å². The van der Waals surface area contributed by atoms with E-state index in [1.54, 1.807) is 7.11 Å². The van der Waals surface area contributed by atoms with E-state index in [2.05, 4.69) is 18.7 Å². The molecule has 1 rings (SSSR count). The van der Waals surface area contributed by atoms with Gasteiger partial charge in [0.1, 0.15) is 5.75 Å². The minimum absolute atomic E-state index is 0.106. The van der Waals surface area contributed by atoms with Gasteiger partial charge in [0.15, 0.2) is 5.78 Å². The molecule has 0 fully saturated rings. The van der Waals surface area contributed by atoms with E-state index in [0.29, 0.717) is 23.9 Å². The predicted octanol–water partition coefficient (Wildman–Crippen LogP) is 2.92. The molecule has 0 bridgehead atoms. The Labute approximate surface area is 110 Å². The van der Waals surface area contributed by atoms with Crippen LogP contribution in [0.1, 0.15) is 36.2 Å². The molecule has 1 aromatic carbocycles. The van der Waals surface area contributed by atoms with E-state index in [0.717, 1.165) is 12.0 Å². The molecule has 0 radical (unpaired) electrons. The lowest BCUT2D eigenvalue weighted by molar-refractivity contribution is 0.0920. The molecule has 1 atom stereocenters. The summed E-state index contributed by atoms with van der Waals surface area (Å²) in [5.41, 5.74) is 1.76. The van der Waals surface area contributed by atoms with Gasteiger partial charge in [-0.25, -0.2) is 0 Å². The maximum Gasteiger partial charge on any atom is 0.180 e. The zero-order chi connectivity index (χ0) is 13.7. The Kier molecular flexibility index (Phi) is 5.35. The predicted molar refractivity (Wildman–Crippen MR) is 74.4 cm³/mol. The maximum atomic E-state index is 12.2. The van der Waals surface area contributed by atoms with Gasteiger partial charge in [-0.1, -0.05) is 13.0 Å². The zero-order valence-corrected chi connectivity index (χ0v) is 12.0. The normalized spacial score (nSPS) is 12.6. The SMILES string of the molecule is CCC(C)N(C)CC(=O)c1ccc(C)cc1OC. The zero-order valence-electron chi connectivity index (χ0n) is 12.0. The molecular weight excluding hydrogens is 226 g/mol. The lowest BCUT2D eigenvalue weighted by Crippen LogP contribution is -2.33. The van der Waals surface area contributed by atoms with Crippen LogP contribution in [0.15, 0.2) is 18.2 Å². The van der Waals surface area contributed by atoms with Crippen LogP contribution in [0.2, 0.25) is 0 Å². The summed E-state index contributed by atoms with van der Waals surface area (Å²) in [6.07, 6.45) is 1.04. The van der Waals surface area contributed by atoms with Gasteiger partial charge >= 0.3 is 0 Å². The average molecular weight is 249 g/mol. The second-order valence-corrected chi connectivity index (χ2v) is 4.80. The smallest absolute Gasteiger partial charge is 0.180 e. The third-order valence-electron chi connectivity index (χ3n) is 3.39. The van der Waals surface area contributed by atoms with Crippen molar-refractivity contribution in [2.75, 3.05) is 20.7 Å². The monoisotopic (exact) mass is 249 g/mol. The van der Waals surface area contributed by atoms with Gasteiger partial charge in [-0.05, 0) is 45.0 Å². The van der Waals surface area contributed by atoms with Crippen LogP contribution in [0.4, 0.5) is 0 Å². The molecule has 1 unspecified atom stereocenters. The van der Waals surface area contributed by atoms with E-state index < -0.39 is 0 Å². The number of methoxy groups -OCH3 is 1. The molecule has 0 aliphatic carbocycles. The summed E-state index contributed by atoms with van der Waals surface area (Å²) < 4.78 is 5.28. The quantitative estimate of drug-likeness (QED) is 0.726. The summed E-state index contributed by atoms with van der Waals surface area (Å²) in [7, 11) is 3.58. The molecule has 18 heavy (non-hydrogen) atoms. The number of ketones is 1. The highest BCUT2D eigenvalue weighted by Crippen LogP contribution is 2.20. The van der Waals surface area contributed by atoms with E-state index >= 15 is 0 Å². The van der Waals surface area contributed by atoms with Crippen molar-refractivity contribution in [3.63, 3.8) is 0 Å². The van der Waals surface area contributed by atoms with E-state index in [1.165, 1.54) is 0 Å². The van der Waals surface area contributed by atoms with Crippen molar-refractivity contribution in [2.45, 2.75) is 33.2 Å². The van der Waals surface area contributed by atoms with Crippen molar-refractivity contribution < 1.29 is 9.53 Å². The van der Waals surface area contributed by atoms with Gasteiger partial charge in [0.2, 0.25) is 0 Å². The Bertz CT molecular complexity index is 415. The average Bonchev–Trinajstić information content (AvgIpc) is 2.37. The number of carbonyl (C=O) groups is 1. The van der Waals surface area contributed by atoms with Gasteiger partial charge in [0, 0.05) is 6.04 Å². The van der Waals surface area contributed by atoms with Crippen LogP contribution in [0.25, 0.3) is 0 Å². The lowest BCUT2D eigenvalue weighted by atomic mass is 10.1. The van der Waals surface area contributed by atoms with Crippen molar-refractivity contribution in [1.29, 1.82) is 0 Å². The van der Waals surface area contributed by atoms with Crippen LogP contribution in [-0.2, 0) is 0 Å². The Balaban J connectivity index is 2.84. The summed E-state index contributed by atoms with van der Waals surface area (Å²) in [5, 5.41) is 0. The molecule has 3 nitrogen and oxygen atoms in total. The van der Waals surface area contributed by atoms with Crippen molar-refractivity contribution in [1.82, 2.24) is 4.90 Å². The Morgan fingerprint density at radius 1 is 1.44 bits per heavy atom. The van der Waals surface area contributed by atoms with Crippen molar-refractivity contribution in [3.8, 4) is 5.75 Å². The van der Waals surface area contributed by atoms with Gasteiger partial charge in [-0.2, -0.15) is 0 Å². The van der Waals surface area contributed by atoms with E-state index in [9.17, 15) is 4.79 Å². The molecule has 0 aliphatic heterocycles. The minimum Gasteiger partial charge on any atom is -0.496 e. The van der Waals surface area contributed by atoms with Gasteiger partial charge in [-0.3, -0.25) is 9.69 Å². The molecule has 0 spiro atoms. The molecule has 0 N–H and O–H groups in total. The van der Waals surface area contributed by atoms with Crippen molar-refractivity contribution >= 4 is 5.78 Å². The fourth-order valence-corrected chi connectivity index (χ4v) is 1.81. The number of likely N-dealkylation sites (N-methyl/N-ethyl adjacent to an activating group) is 1. The first-order valence-electron chi connectivity index (χ1n) is 6.37. The second kappa shape index (κ2) is 6.55. The third kappa shape index (κ3) is 3.57. The number of aryl methyl sites for hydroxylation is 1. The molecule has 1 aromatic rings. The van der Waals surface area contributed by atoms with E-state index in [-0.39, 0.29) is 5.78 Å². The molecule has 0 saturated heterocycles. The summed E-state index contributed by atoms with van der Waals surface area (Å²) in [6.45, 7) is 6.66. The highest BCUT2D eigenvalue weighted by atomic mass is 16.5. The van der Waals surface area contributed by atoms with Crippen LogP contribution in [0, 0.1) is 6.92 Å². The van der Waals surface area contributed by atoms with Crippen LogP contribution in [0.5, 0.6) is 5.75 Å². The molecule has 0 heterocycles. The number of rotatable bonds is 6. The molecule has 0 aliphatic rings. The number of carbonyl (C=O) groups excluding carboxylic acids is 1. The van der Waals surface area contributed by atoms with Gasteiger partial charge < -0.3 is 4.74 Å². The molecule has 3 heteroatoms. The van der Waals surface area contributed by atoms with Gasteiger partial charge in [0.25, 0.3) is 0 Å². The Morgan fingerprint density at radius 2 is 2.11 bits per heavy atom. The van der Waals surface area contributed by atoms with E-state index in [4.69, 9.17) is 4.74 Å². The first kappa shape index (κ1) is 14.7. The fourth-order valence-electron chi connectivity index (χ4n) is 1.81. The highest BCUT2D eigenvalue weighted by Gasteiger charge is 2.16. The van der Waals surface area contributed by atoms with Gasteiger partial charge in [0.05, 0.1) is 19.2 Å². The van der Waals surface area contributed by atoms with Crippen molar-refractivity contribution in [2.24, 2.45) is 0 Å². The van der Waals surface area contributed by atoms with Crippen molar-refractivity contribution in [3.05, 3.63) is 29.3 Å². The summed E-state index contributed by atoms with van der Waals surface area (Å²) in [5.74, 6) is 0.771. The number of hydrogen-bond acceptors (Lipinski definition) is 3. The lowest BCUT2D eigenvalue weighted by Gasteiger charge is -2.22. The largest absolute Gasteiger partial charge is 0.496 e. The van der Waals surface area contributed by atoms with E-state index in [1.807, 2.05) is 32.2 Å². The van der Waals surface area contributed by atoms with Crippen LogP contribution in [0.3, 0.4) is 0 Å². The number of ether oxygens (including phenoxy) is 1. The second-order valence-electron chi connectivity index (χ2n) is 4.80. The Hall–Kier alpha value is -1.35. The maximum absolute atomic E-state index is 12.2. The molecule has 0 amide bonds. The Morgan fingerprint density at radius 3 is 2.67 bits per heavy atom. The number of nitrogens with zero attached hydrogens (tertiary/aromatic N) is 1. The number of Topliss-reactive ketones (excluding diaryl/α,β-unsaturated/α-hetero) is 1. The summed E-state index contributed by atoms with van der Waals surface area (Å²) >= 11 is 0. The first-order chi connectivity index (χ1) is 8.49. The highest BCUT2D eigenvalue weighted by molar-refractivity contribution is 6.00. The van der Waals surface area contributed by atoms with Crippen LogP contribution < -0.4 is 4.74 Å². The van der Waals surface area contributed by atoms with Crippen LogP contribution >= 0.6 is 0 Å². The topological polar surface area (TPSA) is 29.5 Å². The summed E-state index contributed by atoms with van der Waals surface area (Å²) in [4.78, 5) is 14.3. The summed E-state index contributed by atoms with van der Waals surface area (Å²) in [6, 6.07) is 6.10. The van der Waals surface area contributed by atoms with Crippen LogP contribution in [-0.4, -0.2) is 37.4 Å². The molecule has 100 valence electrons. The third-order valence-corrected chi connectivity index (χ3v) is 3.39. The number of benzene rings is 1. The first-order valence-corrected chi connectivity index (χ1v) is 6.37. The standard InChI is InChI=1S/C15H23NO2/c1-6-12(3)16(4)10-14(17)13-8-7-11(2)9-15(13)18-5/h7-9,12H,6,10H2,1-5H3.